The van der Waals surface area contributed by atoms with Gasteiger partial charge in [-0.25, -0.2) is 4.79 Å². The number of carbonyl (C=O) groups is 1. The third-order valence-corrected chi connectivity index (χ3v) is 7.02. The molecule has 31 heavy (non-hydrogen) atoms. The van der Waals surface area contributed by atoms with Crippen LogP contribution in [-0.2, 0) is 6.42 Å². The molecule has 4 rings (SSSR count). The van der Waals surface area contributed by atoms with E-state index in [-0.39, 0.29) is 11.6 Å². The number of carboxylic acid groups (broad SMARTS) is 1. The molecule has 1 aliphatic rings. The van der Waals surface area contributed by atoms with Crippen molar-refractivity contribution in [3.05, 3.63) is 68.1 Å². The van der Waals surface area contributed by atoms with E-state index < -0.39 is 11.4 Å². The lowest BCUT2D eigenvalue weighted by atomic mass is 9.91. The van der Waals surface area contributed by atoms with Crippen molar-refractivity contribution in [1.82, 2.24) is 4.57 Å². The molecule has 0 spiro atoms. The van der Waals surface area contributed by atoms with Crippen molar-refractivity contribution in [2.45, 2.75) is 18.9 Å². The second kappa shape index (κ2) is 9.20. The first-order valence-electron chi connectivity index (χ1n) is 9.89. The number of pyridine rings is 1. The minimum absolute atomic E-state index is 0.0982. The van der Waals surface area contributed by atoms with Crippen molar-refractivity contribution in [3.63, 3.8) is 0 Å². The summed E-state index contributed by atoms with van der Waals surface area (Å²) in [6.45, 7) is 0.600. The molecule has 1 aliphatic heterocycles. The van der Waals surface area contributed by atoms with Gasteiger partial charge >= 0.3 is 5.97 Å². The molecule has 1 aromatic carbocycles. The van der Waals surface area contributed by atoms with E-state index in [1.807, 2.05) is 34.2 Å². The fourth-order valence-corrected chi connectivity index (χ4v) is 5.11. The molecule has 1 atom stereocenters. The molecule has 0 saturated heterocycles. The summed E-state index contributed by atoms with van der Waals surface area (Å²) < 4.78 is 13.5. The number of aromatic carboxylic acids is 1. The van der Waals surface area contributed by atoms with Crippen LogP contribution in [0.5, 0.6) is 11.5 Å². The van der Waals surface area contributed by atoms with Gasteiger partial charge in [0.1, 0.15) is 5.56 Å². The van der Waals surface area contributed by atoms with Crippen molar-refractivity contribution in [3.8, 4) is 22.8 Å². The third kappa shape index (κ3) is 4.22. The topological polar surface area (TPSA) is 77.8 Å². The van der Waals surface area contributed by atoms with Gasteiger partial charge in [-0.1, -0.05) is 6.07 Å². The second-order valence-electron chi connectivity index (χ2n) is 7.24. The summed E-state index contributed by atoms with van der Waals surface area (Å²) in [6, 6.07) is 9.21. The van der Waals surface area contributed by atoms with E-state index in [1.54, 1.807) is 30.2 Å². The lowest BCUT2D eigenvalue weighted by Crippen LogP contribution is -2.25. The van der Waals surface area contributed by atoms with Gasteiger partial charge in [0.05, 0.1) is 25.5 Å². The van der Waals surface area contributed by atoms with E-state index in [9.17, 15) is 14.7 Å². The first-order chi connectivity index (χ1) is 15.0. The molecule has 0 aliphatic carbocycles. The van der Waals surface area contributed by atoms with Gasteiger partial charge in [0.15, 0.2) is 16.9 Å². The highest BCUT2D eigenvalue weighted by atomic mass is 32.2. The van der Waals surface area contributed by atoms with Gasteiger partial charge in [-0.15, -0.1) is 11.3 Å². The number of hydrogen-bond donors (Lipinski definition) is 1. The zero-order valence-corrected chi connectivity index (χ0v) is 18.9. The average molecular weight is 458 g/mol. The van der Waals surface area contributed by atoms with Crippen molar-refractivity contribution in [2.75, 3.05) is 25.7 Å². The maximum atomic E-state index is 12.5. The molecule has 3 aromatic rings. The number of aromatic nitrogens is 1. The summed E-state index contributed by atoms with van der Waals surface area (Å²) in [6.07, 6.45) is 5.14. The Morgan fingerprint density at radius 1 is 1.32 bits per heavy atom. The second-order valence-corrected chi connectivity index (χ2v) is 9.20. The predicted molar refractivity (Wildman–Crippen MR) is 124 cm³/mol. The Hall–Kier alpha value is -2.71. The minimum Gasteiger partial charge on any atom is -0.493 e. The molecule has 6 nitrogen and oxygen atoms in total. The highest BCUT2D eigenvalue weighted by Gasteiger charge is 2.29. The molecule has 162 valence electrons. The normalized spacial score (nSPS) is 14.6. The summed E-state index contributed by atoms with van der Waals surface area (Å²) in [5, 5.41) is 11.5. The van der Waals surface area contributed by atoms with Crippen LogP contribution >= 0.6 is 23.1 Å². The molecule has 0 radical (unpaired) electrons. The number of thioether (sulfide) groups is 1. The molecule has 3 heterocycles. The number of ether oxygens (including phenoxy) is 2. The third-order valence-electron chi connectivity index (χ3n) is 5.35. The molecule has 0 fully saturated rings. The number of fused-ring (bicyclic) bond motifs is 3. The monoisotopic (exact) mass is 457 g/mol. The minimum atomic E-state index is -1.22. The van der Waals surface area contributed by atoms with E-state index in [0.717, 1.165) is 28.2 Å². The summed E-state index contributed by atoms with van der Waals surface area (Å²) in [5.41, 5.74) is 1.85. The van der Waals surface area contributed by atoms with E-state index >= 15 is 0 Å². The quantitative estimate of drug-likeness (QED) is 0.500. The number of hydrogen-bond acceptors (Lipinski definition) is 6. The molecule has 0 amide bonds. The van der Waals surface area contributed by atoms with Gasteiger partial charge in [0, 0.05) is 22.7 Å². The maximum absolute atomic E-state index is 12.5. The standard InChI is InChI=1S/C23H23NO5S2/c1-28-20-11-15-14(10-21(20)29-6-4-7-30-2)9-18(22-5-3-8-31-22)24-13-16(23(26)27)19(25)12-17(15)24/h3,5,8,10-13,18H,4,6-7,9H2,1-2H3,(H,26,27). The van der Waals surface area contributed by atoms with Crippen LogP contribution < -0.4 is 14.9 Å². The summed E-state index contributed by atoms with van der Waals surface area (Å²) in [7, 11) is 1.59. The molecular weight excluding hydrogens is 434 g/mol. The Balaban J connectivity index is 1.84. The molecule has 0 bridgehead atoms. The van der Waals surface area contributed by atoms with E-state index in [2.05, 4.69) is 6.26 Å². The van der Waals surface area contributed by atoms with Crippen LogP contribution in [-0.4, -0.2) is 41.4 Å². The Kier molecular flexibility index (Phi) is 6.38. The van der Waals surface area contributed by atoms with Crippen LogP contribution in [0.15, 0.2) is 46.7 Å². The zero-order valence-electron chi connectivity index (χ0n) is 17.3. The predicted octanol–water partition coefficient (Wildman–Crippen LogP) is 4.56. The Morgan fingerprint density at radius 3 is 2.84 bits per heavy atom. The fourth-order valence-electron chi connectivity index (χ4n) is 3.88. The number of methoxy groups -OCH3 is 1. The Bertz CT molecular complexity index is 1150. The summed E-state index contributed by atoms with van der Waals surface area (Å²) in [4.78, 5) is 25.2. The van der Waals surface area contributed by atoms with Crippen LogP contribution in [0.2, 0.25) is 0 Å². The number of carboxylic acids is 1. The van der Waals surface area contributed by atoms with Crippen LogP contribution in [0.4, 0.5) is 0 Å². The summed E-state index contributed by atoms with van der Waals surface area (Å²) in [5.74, 6) is 1.09. The van der Waals surface area contributed by atoms with Crippen LogP contribution in [0.1, 0.15) is 33.3 Å². The number of nitrogens with zero attached hydrogens (tertiary/aromatic N) is 1. The molecule has 1 N–H and O–H groups in total. The zero-order chi connectivity index (χ0) is 22.0. The van der Waals surface area contributed by atoms with Gasteiger partial charge < -0.3 is 19.1 Å². The van der Waals surface area contributed by atoms with Crippen molar-refractivity contribution < 1.29 is 19.4 Å². The molecule has 8 heteroatoms. The van der Waals surface area contributed by atoms with Gasteiger partial charge in [-0.05, 0) is 54.0 Å². The Morgan fingerprint density at radius 2 is 2.16 bits per heavy atom. The smallest absolute Gasteiger partial charge is 0.341 e. The number of benzene rings is 1. The molecular formula is C23H23NO5S2. The largest absolute Gasteiger partial charge is 0.493 e. The van der Waals surface area contributed by atoms with Crippen molar-refractivity contribution in [1.29, 1.82) is 0 Å². The SMILES string of the molecule is COc1cc2c(cc1OCCCSC)CC(c1cccs1)n1cc(C(=O)O)c(=O)cc1-2. The van der Waals surface area contributed by atoms with Crippen LogP contribution in [0.3, 0.4) is 0 Å². The first-order valence-corrected chi connectivity index (χ1v) is 12.2. The number of thiophene rings is 1. The van der Waals surface area contributed by atoms with Gasteiger partial charge in [-0.2, -0.15) is 11.8 Å². The van der Waals surface area contributed by atoms with Gasteiger partial charge in [0.2, 0.25) is 0 Å². The summed E-state index contributed by atoms with van der Waals surface area (Å²) >= 11 is 3.39. The van der Waals surface area contributed by atoms with Crippen molar-refractivity contribution >= 4 is 29.1 Å². The van der Waals surface area contributed by atoms with Crippen LogP contribution in [0, 0.1) is 0 Å². The highest BCUT2D eigenvalue weighted by Crippen LogP contribution is 2.43. The van der Waals surface area contributed by atoms with Crippen molar-refractivity contribution in [2.24, 2.45) is 0 Å². The lowest BCUT2D eigenvalue weighted by Gasteiger charge is -2.31. The fraction of sp³-hybridized carbons (Fsp3) is 0.304. The van der Waals surface area contributed by atoms with E-state index in [0.29, 0.717) is 30.2 Å². The van der Waals surface area contributed by atoms with E-state index in [1.165, 1.54) is 12.3 Å². The molecule has 1 unspecified atom stereocenters. The first kappa shape index (κ1) is 21.5. The Labute approximate surface area is 188 Å². The molecule has 2 aromatic heterocycles. The van der Waals surface area contributed by atoms with Crippen LogP contribution in [0.25, 0.3) is 11.3 Å². The lowest BCUT2D eigenvalue weighted by molar-refractivity contribution is 0.0694. The van der Waals surface area contributed by atoms with Gasteiger partial charge in [-0.3, -0.25) is 4.79 Å². The number of rotatable bonds is 8. The highest BCUT2D eigenvalue weighted by molar-refractivity contribution is 7.98. The average Bonchev–Trinajstić information content (AvgIpc) is 3.29. The van der Waals surface area contributed by atoms with E-state index in [4.69, 9.17) is 9.47 Å². The maximum Gasteiger partial charge on any atom is 0.341 e. The van der Waals surface area contributed by atoms with Gasteiger partial charge in [0.25, 0.3) is 0 Å². The molecule has 0 saturated carbocycles.